The largest absolute Gasteiger partial charge is 0.383 e. The zero-order valence-corrected chi connectivity index (χ0v) is 32.6. The molecule has 3 fully saturated rings. The summed E-state index contributed by atoms with van der Waals surface area (Å²) in [7, 11) is -4.25. The van der Waals surface area contributed by atoms with Crippen molar-refractivity contribution in [2.24, 2.45) is 5.92 Å². The number of hydrogen-bond acceptors (Lipinski definition) is 10. The number of nitrogens with zero attached hydrogens (tertiary/aromatic N) is 8. The Hall–Kier alpha value is -3.08. The third-order valence-corrected chi connectivity index (χ3v) is 14.4. The average molecular weight is 765 g/mol. The summed E-state index contributed by atoms with van der Waals surface area (Å²) in [6, 6.07) is 3.85. The molecule has 0 N–H and O–H groups in total. The Morgan fingerprint density at radius 3 is 2.39 bits per heavy atom. The van der Waals surface area contributed by atoms with Gasteiger partial charge in [0.2, 0.25) is 5.91 Å². The molecule has 278 valence electrons. The van der Waals surface area contributed by atoms with Crippen molar-refractivity contribution in [2.45, 2.75) is 101 Å². The maximum Gasteiger partial charge on any atom is 0.303 e. The molecule has 3 aliphatic rings. The summed E-state index contributed by atoms with van der Waals surface area (Å²) in [4.78, 5) is 21.1. The van der Waals surface area contributed by atoms with E-state index in [0.29, 0.717) is 67.0 Å². The molecule has 2 aromatic heterocycles. The van der Waals surface area contributed by atoms with Crippen LogP contribution in [0.25, 0.3) is 26.4 Å². The van der Waals surface area contributed by atoms with E-state index in [1.165, 1.54) is 10.4 Å². The van der Waals surface area contributed by atoms with Gasteiger partial charge in [0.25, 0.3) is 16.4 Å². The van der Waals surface area contributed by atoms with Crippen LogP contribution in [0.4, 0.5) is 14.5 Å². The van der Waals surface area contributed by atoms with Gasteiger partial charge >= 0.3 is 5.66 Å². The lowest BCUT2D eigenvalue weighted by atomic mass is 10.1. The first-order valence-electron chi connectivity index (χ1n) is 17.3. The highest BCUT2D eigenvalue weighted by Gasteiger charge is 2.61. The van der Waals surface area contributed by atoms with Gasteiger partial charge in [0.15, 0.2) is 10.0 Å². The molecular formula is C33H46F2N8O5S2Si. The molecule has 3 aromatic rings. The zero-order valence-electron chi connectivity index (χ0n) is 29.9. The Balaban J connectivity index is 1.51. The van der Waals surface area contributed by atoms with Crippen molar-refractivity contribution in [3.8, 4) is 10.7 Å². The van der Waals surface area contributed by atoms with E-state index in [1.807, 2.05) is 18.7 Å². The number of carbonyl (C=O) groups is 1. The summed E-state index contributed by atoms with van der Waals surface area (Å²) in [6.07, 6.45) is -0.404. The standard InChI is InChI=1S/C33H46F2N8O5S2Si/c1-21(2)32(44)43-22-8-9-23(43)19-40(18-22)26-17-24(50(45,46)42(33(36-3)10-11-33)20-48-14-15-51(5,6)7)16-25-27(30-37-38-31(49-30)29(34)35)39-41(28(25)26)12-13-47-4/h16-17,21-23,29H,8-15,18-20H2,1-2,4-7H3. The lowest BCUT2D eigenvalue weighted by Crippen LogP contribution is -2.57. The number of rotatable bonds is 15. The molecule has 4 heterocycles. The Morgan fingerprint density at radius 2 is 1.84 bits per heavy atom. The van der Waals surface area contributed by atoms with Crippen LogP contribution in [0.1, 0.15) is 51.0 Å². The molecule has 51 heavy (non-hydrogen) atoms. The minimum Gasteiger partial charge on any atom is -0.383 e. The number of alkyl halides is 2. The van der Waals surface area contributed by atoms with Crippen LogP contribution >= 0.6 is 11.3 Å². The molecule has 1 aliphatic carbocycles. The van der Waals surface area contributed by atoms with Crippen LogP contribution in [0.3, 0.4) is 0 Å². The number of aromatic nitrogens is 4. The lowest BCUT2D eigenvalue weighted by Gasteiger charge is -2.43. The van der Waals surface area contributed by atoms with Crippen molar-refractivity contribution in [3.63, 3.8) is 0 Å². The quantitative estimate of drug-likeness (QED) is 0.0831. The van der Waals surface area contributed by atoms with E-state index in [9.17, 15) is 22.0 Å². The van der Waals surface area contributed by atoms with Crippen LogP contribution < -0.4 is 4.90 Å². The van der Waals surface area contributed by atoms with Crippen molar-refractivity contribution in [2.75, 3.05) is 45.0 Å². The van der Waals surface area contributed by atoms with Crippen molar-refractivity contribution in [1.82, 2.24) is 29.2 Å². The predicted octanol–water partition coefficient (Wildman–Crippen LogP) is 5.69. The Labute approximate surface area is 302 Å². The molecule has 2 atom stereocenters. The van der Waals surface area contributed by atoms with Crippen molar-refractivity contribution in [3.05, 3.63) is 28.6 Å². The van der Waals surface area contributed by atoms with Crippen LogP contribution in [0.15, 0.2) is 17.0 Å². The average Bonchev–Trinajstić information content (AvgIpc) is 3.40. The van der Waals surface area contributed by atoms with Gasteiger partial charge in [-0.15, -0.1) is 10.2 Å². The van der Waals surface area contributed by atoms with Crippen LogP contribution in [0, 0.1) is 12.5 Å². The van der Waals surface area contributed by atoms with Gasteiger partial charge in [0, 0.05) is 58.3 Å². The summed E-state index contributed by atoms with van der Waals surface area (Å²) in [5.74, 6) is -0.0557. The number of carbonyl (C=O) groups excluding carboxylic acids is 1. The predicted molar refractivity (Wildman–Crippen MR) is 193 cm³/mol. The minimum absolute atomic E-state index is 0.0614. The number of sulfonamides is 1. The van der Waals surface area contributed by atoms with Gasteiger partial charge in [-0.2, -0.15) is 5.10 Å². The minimum atomic E-state index is -4.34. The van der Waals surface area contributed by atoms with E-state index in [4.69, 9.17) is 21.1 Å². The van der Waals surface area contributed by atoms with E-state index < -0.39 is 35.2 Å². The van der Waals surface area contributed by atoms with Crippen LogP contribution in [0.5, 0.6) is 0 Å². The topological polar surface area (TPSA) is 127 Å². The van der Waals surface area contributed by atoms with E-state index in [2.05, 4.69) is 39.6 Å². The first-order valence-corrected chi connectivity index (χ1v) is 23.3. The monoisotopic (exact) mass is 764 g/mol. The molecule has 6 rings (SSSR count). The SMILES string of the molecule is [C-]#[N+]C1(N(COCC[Si](C)(C)C)S(=O)(=O)c2cc(N3CC4CCC(C3)N4C(=O)C(C)C)c3c(c2)c(-c2nnc(C(F)F)s2)nn3CCOC)CC1. The normalized spacial score (nSPS) is 20.3. The molecule has 2 unspecified atom stereocenters. The van der Waals surface area contributed by atoms with E-state index in [1.54, 1.807) is 17.9 Å². The fraction of sp³-hybridized carbons (Fsp3) is 0.667. The van der Waals surface area contributed by atoms with Gasteiger partial charge in [-0.05, 0) is 31.0 Å². The first-order chi connectivity index (χ1) is 24.1. The maximum atomic E-state index is 14.8. The number of methoxy groups -OCH3 is 1. The molecule has 1 amide bonds. The van der Waals surface area contributed by atoms with Crippen molar-refractivity contribution in [1.29, 1.82) is 0 Å². The van der Waals surface area contributed by atoms with Gasteiger partial charge < -0.3 is 19.3 Å². The van der Waals surface area contributed by atoms with Gasteiger partial charge in [-0.25, -0.2) is 23.8 Å². The van der Waals surface area contributed by atoms with Gasteiger partial charge in [-0.1, -0.05) is 49.1 Å². The number of amides is 1. The van der Waals surface area contributed by atoms with Gasteiger partial charge in [-0.3, -0.25) is 14.3 Å². The van der Waals surface area contributed by atoms with E-state index in [-0.39, 0.29) is 52.8 Å². The first kappa shape index (κ1) is 37.7. The number of anilines is 1. The summed E-state index contributed by atoms with van der Waals surface area (Å²) >= 11 is 0.704. The maximum absolute atomic E-state index is 14.8. The zero-order chi connectivity index (χ0) is 36.9. The fourth-order valence-corrected chi connectivity index (χ4v) is 10.0. The third kappa shape index (κ3) is 7.42. The molecule has 2 bridgehead atoms. The summed E-state index contributed by atoms with van der Waals surface area (Å²) < 4.78 is 71.2. The molecular weight excluding hydrogens is 719 g/mol. The molecule has 0 spiro atoms. The second-order valence-electron chi connectivity index (χ2n) is 15.1. The molecule has 1 aromatic carbocycles. The van der Waals surface area contributed by atoms with E-state index >= 15 is 0 Å². The number of fused-ring (bicyclic) bond motifs is 3. The second kappa shape index (κ2) is 14.4. The highest BCUT2D eigenvalue weighted by molar-refractivity contribution is 7.89. The highest BCUT2D eigenvalue weighted by Crippen LogP contribution is 2.48. The Morgan fingerprint density at radius 1 is 1.16 bits per heavy atom. The molecule has 13 nitrogen and oxygen atoms in total. The van der Waals surface area contributed by atoms with Gasteiger partial charge in [0.05, 0.1) is 42.1 Å². The summed E-state index contributed by atoms with van der Waals surface area (Å²) in [5.41, 5.74) is 0.165. The van der Waals surface area contributed by atoms with Crippen LogP contribution in [-0.2, 0) is 30.8 Å². The highest BCUT2D eigenvalue weighted by atomic mass is 32.2. The number of ether oxygens (including phenoxy) is 2. The smallest absolute Gasteiger partial charge is 0.303 e. The second-order valence-corrected chi connectivity index (χ2v) is 23.6. The number of hydrogen-bond donors (Lipinski definition) is 0. The molecule has 0 radical (unpaired) electrons. The Kier molecular flexibility index (Phi) is 10.6. The molecule has 2 saturated heterocycles. The Bertz CT molecular complexity index is 1910. The fourth-order valence-electron chi connectivity index (χ4n) is 6.93. The lowest BCUT2D eigenvalue weighted by molar-refractivity contribution is -0.137. The van der Waals surface area contributed by atoms with E-state index in [0.717, 1.165) is 18.9 Å². The van der Waals surface area contributed by atoms with Crippen molar-refractivity contribution >= 4 is 51.9 Å². The van der Waals surface area contributed by atoms with Crippen LogP contribution in [0.2, 0.25) is 25.7 Å². The number of halogens is 2. The number of piperazine rings is 1. The van der Waals surface area contributed by atoms with Gasteiger partial charge in [0.1, 0.15) is 12.4 Å². The number of benzene rings is 1. The molecule has 18 heteroatoms. The molecule has 1 saturated carbocycles. The summed E-state index contributed by atoms with van der Waals surface area (Å²) in [6.45, 7) is 20.0. The molecule has 2 aliphatic heterocycles. The van der Waals surface area contributed by atoms with Crippen molar-refractivity contribution < 1.29 is 31.5 Å². The summed E-state index contributed by atoms with van der Waals surface area (Å²) in [5, 5.41) is 12.6. The van der Waals surface area contributed by atoms with Crippen LogP contribution in [-0.4, -0.2) is 109 Å². The third-order valence-electron chi connectivity index (χ3n) is 9.87.